The Bertz CT molecular complexity index is 1590. The van der Waals surface area contributed by atoms with Crippen LogP contribution in [-0.2, 0) is 37.9 Å². The molecule has 9 rings (SSSR count). The van der Waals surface area contributed by atoms with E-state index in [2.05, 4.69) is 119 Å². The minimum absolute atomic E-state index is 0.00333. The molecule has 9 aliphatic rings. The van der Waals surface area contributed by atoms with E-state index >= 15 is 0 Å². The van der Waals surface area contributed by atoms with Crippen LogP contribution in [0.1, 0.15) is 128 Å². The van der Waals surface area contributed by atoms with Crippen LogP contribution in [0.2, 0.25) is 0 Å². The van der Waals surface area contributed by atoms with Gasteiger partial charge in [0.05, 0.1) is 122 Å². The summed E-state index contributed by atoms with van der Waals surface area (Å²) in [7, 11) is 3.72. The summed E-state index contributed by atoms with van der Waals surface area (Å²) in [6.07, 6.45) is 8.24. The Morgan fingerprint density at radius 3 is 0.836 bits per heavy atom. The number of nitrogens with one attached hydrogen (secondary N) is 8. The number of ether oxygens (including phenoxy) is 8. The minimum atomic E-state index is -0.286. The van der Waals surface area contributed by atoms with Crippen LogP contribution in [0.15, 0.2) is 0 Å². The molecule has 9 fully saturated rings. The fourth-order valence-electron chi connectivity index (χ4n) is 15.1. The van der Waals surface area contributed by atoms with Gasteiger partial charge in [0.15, 0.2) is 0 Å². The summed E-state index contributed by atoms with van der Waals surface area (Å²) in [6.45, 7) is 25.0. The van der Waals surface area contributed by atoms with Crippen LogP contribution in [-0.4, -0.2) is 150 Å². The van der Waals surface area contributed by atoms with Crippen molar-refractivity contribution >= 4 is 0 Å². The van der Waals surface area contributed by atoms with Crippen molar-refractivity contribution in [3.63, 3.8) is 0 Å². The Kier molecular flexibility index (Phi) is 16.4. The quantitative estimate of drug-likeness (QED) is 0.134. The molecular weight excluding hydrogens is 853 g/mol. The number of fused-ring (bicyclic) bond motifs is 20. The first-order chi connectivity index (χ1) is 32.0. The molecule has 0 aromatic heterocycles. The predicted octanol–water partition coefficient (Wildman–Crippen LogP) is 3.89. The van der Waals surface area contributed by atoms with Gasteiger partial charge >= 0.3 is 0 Å². The van der Waals surface area contributed by atoms with Gasteiger partial charge < -0.3 is 37.9 Å². The van der Waals surface area contributed by atoms with E-state index in [9.17, 15) is 0 Å². The van der Waals surface area contributed by atoms with Gasteiger partial charge in [0.1, 0.15) is 0 Å². The lowest BCUT2D eigenvalue weighted by molar-refractivity contribution is -0.159. The van der Waals surface area contributed by atoms with Crippen molar-refractivity contribution in [3.8, 4) is 0 Å². The summed E-state index contributed by atoms with van der Waals surface area (Å²) in [6, 6.07) is 0. The van der Waals surface area contributed by atoms with Gasteiger partial charge in [0, 0.05) is 27.4 Å². The maximum Gasteiger partial charge on any atom is 0.0847 e. The standard InChI is InChI=1S/C51H94N8O8/c1-14-62-37-18-29-27(16-35(37)60-12)43-52-45(29)56-48-32-21-40(65-25(5)6)41(66-26(7)8)22-33(32)49(59-48)57-46-30-19-38(63-15-2)42(67-51(9,10)11)23-34(30)50(58-46)55-44-28-17-36(61-13)39(64-24(3)4)20-31(28)47(53-43)54-44/h24-50,52-59H,14-23H2,1-13H3. The topological polar surface area (TPSA) is 170 Å². The highest BCUT2D eigenvalue weighted by atomic mass is 16.6. The summed E-state index contributed by atoms with van der Waals surface area (Å²) in [5.74, 6) is 2.58. The smallest absolute Gasteiger partial charge is 0.0847 e. The van der Waals surface area contributed by atoms with Crippen LogP contribution in [0.5, 0.6) is 0 Å². The second-order valence-corrected chi connectivity index (χ2v) is 23.8. The minimum Gasteiger partial charge on any atom is -0.379 e. The molecular formula is C51H94N8O8. The summed E-state index contributed by atoms with van der Waals surface area (Å²) in [5.41, 5.74) is -0.286. The lowest BCUT2D eigenvalue weighted by atomic mass is 9.73. The second-order valence-electron chi connectivity index (χ2n) is 23.8. The summed E-state index contributed by atoms with van der Waals surface area (Å²) in [4.78, 5) is 0. The van der Waals surface area contributed by atoms with E-state index in [1.165, 1.54) is 0 Å². The molecule has 5 saturated heterocycles. The monoisotopic (exact) mass is 947 g/mol. The van der Waals surface area contributed by atoms with E-state index in [1.54, 1.807) is 0 Å². The van der Waals surface area contributed by atoms with Crippen molar-refractivity contribution in [1.82, 2.24) is 42.5 Å². The SMILES string of the molecule is CCOC1CC2C3NC(NC4NC(NC5NC(NC6NC(N3)C3CC(OC(C)C)C(OC(C)C)CC63)C3CC(OCC)C(OC(C)(C)C)CC53)C3CC(OC)C(OC(C)C)CC43)C2CC1OC. The van der Waals surface area contributed by atoms with Crippen molar-refractivity contribution in [2.24, 2.45) is 47.3 Å². The van der Waals surface area contributed by atoms with E-state index < -0.39 is 0 Å². The zero-order valence-electron chi connectivity index (χ0n) is 43.4. The molecule has 16 heteroatoms. The molecule has 0 amide bonds. The molecule has 5 aliphatic heterocycles. The van der Waals surface area contributed by atoms with Crippen molar-refractivity contribution in [2.75, 3.05) is 27.4 Å². The average molecular weight is 947 g/mol. The molecule has 0 aromatic carbocycles. The van der Waals surface area contributed by atoms with Crippen molar-refractivity contribution in [1.29, 1.82) is 0 Å². The largest absolute Gasteiger partial charge is 0.379 e. The fourth-order valence-corrected chi connectivity index (χ4v) is 15.1. The van der Waals surface area contributed by atoms with E-state index in [1.807, 2.05) is 14.2 Å². The summed E-state index contributed by atoms with van der Waals surface area (Å²) in [5, 5.41) is 34.2. The molecule has 386 valence electrons. The van der Waals surface area contributed by atoms with Crippen LogP contribution in [0, 0.1) is 47.3 Å². The predicted molar refractivity (Wildman–Crippen MR) is 257 cm³/mol. The van der Waals surface area contributed by atoms with E-state index in [4.69, 9.17) is 37.9 Å². The van der Waals surface area contributed by atoms with Gasteiger partial charge in [-0.05, 0) is 175 Å². The maximum atomic E-state index is 6.91. The molecule has 0 radical (unpaired) electrons. The molecule has 24 atom stereocenters. The Labute approximate surface area is 403 Å². The summed E-state index contributed by atoms with van der Waals surface area (Å²) >= 11 is 0. The Balaban J connectivity index is 1.10. The molecule has 0 aromatic rings. The van der Waals surface area contributed by atoms with E-state index in [0.717, 1.165) is 51.4 Å². The van der Waals surface area contributed by atoms with E-state index in [-0.39, 0.29) is 122 Å². The fraction of sp³-hybridized carbons (Fsp3) is 1.00. The number of hydrogen-bond acceptors (Lipinski definition) is 16. The van der Waals surface area contributed by atoms with Gasteiger partial charge in [-0.2, -0.15) is 0 Å². The molecule has 16 nitrogen and oxygen atoms in total. The number of hydrogen-bond donors (Lipinski definition) is 8. The van der Waals surface area contributed by atoms with Crippen LogP contribution >= 0.6 is 0 Å². The normalized spacial score (nSPS) is 48.7. The van der Waals surface area contributed by atoms with Crippen LogP contribution in [0.3, 0.4) is 0 Å². The lowest BCUT2D eigenvalue weighted by Crippen LogP contribution is -2.61. The first kappa shape index (κ1) is 51.3. The third-order valence-corrected chi connectivity index (χ3v) is 17.4. The van der Waals surface area contributed by atoms with Gasteiger partial charge in [0.25, 0.3) is 0 Å². The van der Waals surface area contributed by atoms with Gasteiger partial charge in [0.2, 0.25) is 0 Å². The second kappa shape index (κ2) is 21.4. The van der Waals surface area contributed by atoms with Crippen LogP contribution in [0.4, 0.5) is 0 Å². The molecule has 8 bridgehead atoms. The highest BCUT2D eigenvalue weighted by Crippen LogP contribution is 2.48. The zero-order valence-corrected chi connectivity index (χ0v) is 43.4. The van der Waals surface area contributed by atoms with Crippen LogP contribution < -0.4 is 42.5 Å². The molecule has 4 aliphatic carbocycles. The highest BCUT2D eigenvalue weighted by molar-refractivity contribution is 5.12. The molecule has 67 heavy (non-hydrogen) atoms. The Morgan fingerprint density at radius 2 is 0.582 bits per heavy atom. The third-order valence-electron chi connectivity index (χ3n) is 17.4. The van der Waals surface area contributed by atoms with Crippen molar-refractivity contribution in [2.45, 2.75) is 250 Å². The van der Waals surface area contributed by atoms with Gasteiger partial charge in [-0.25, -0.2) is 0 Å². The summed E-state index contributed by atoms with van der Waals surface area (Å²) < 4.78 is 52.8. The first-order valence-electron chi connectivity index (χ1n) is 27.1. The van der Waals surface area contributed by atoms with Crippen molar-refractivity contribution < 1.29 is 37.9 Å². The van der Waals surface area contributed by atoms with E-state index in [0.29, 0.717) is 60.6 Å². The van der Waals surface area contributed by atoms with Crippen molar-refractivity contribution in [3.05, 3.63) is 0 Å². The first-order valence-corrected chi connectivity index (χ1v) is 27.1. The molecule has 4 saturated carbocycles. The maximum absolute atomic E-state index is 6.91. The Hall–Kier alpha value is -0.640. The number of methoxy groups -OCH3 is 2. The molecule has 24 unspecified atom stereocenters. The third kappa shape index (κ3) is 11.0. The van der Waals surface area contributed by atoms with Gasteiger partial charge in [-0.3, -0.25) is 42.5 Å². The highest BCUT2D eigenvalue weighted by Gasteiger charge is 2.59. The molecule has 5 heterocycles. The molecule has 8 N–H and O–H groups in total. The Morgan fingerprint density at radius 1 is 0.358 bits per heavy atom. The average Bonchev–Trinajstić information content (AvgIpc) is 3.97. The zero-order chi connectivity index (χ0) is 47.5. The number of rotatable bonds is 13. The lowest BCUT2D eigenvalue weighted by Gasteiger charge is -2.44. The van der Waals surface area contributed by atoms with Crippen LogP contribution in [0.25, 0.3) is 0 Å². The molecule has 0 spiro atoms. The van der Waals surface area contributed by atoms with Gasteiger partial charge in [-0.1, -0.05) is 0 Å². The van der Waals surface area contributed by atoms with Gasteiger partial charge in [-0.15, -0.1) is 0 Å².